The van der Waals surface area contributed by atoms with Crippen molar-refractivity contribution in [3.8, 4) is 33.6 Å². The number of rotatable bonds is 2. The van der Waals surface area contributed by atoms with Crippen LogP contribution in [0.4, 0.5) is 0 Å². The van der Waals surface area contributed by atoms with Crippen LogP contribution in [-0.2, 0) is 10.8 Å². The molecule has 0 spiro atoms. The van der Waals surface area contributed by atoms with Crippen molar-refractivity contribution in [3.05, 3.63) is 229 Å². The van der Waals surface area contributed by atoms with Crippen molar-refractivity contribution in [2.45, 2.75) is 38.5 Å². The molecule has 19 rings (SSSR count). The van der Waals surface area contributed by atoms with Gasteiger partial charge in [0, 0.05) is 86.8 Å². The predicted molar refractivity (Wildman–Crippen MR) is 320 cm³/mol. The van der Waals surface area contributed by atoms with E-state index in [2.05, 4.69) is 252 Å². The van der Waals surface area contributed by atoms with Gasteiger partial charge in [0.2, 0.25) is 0 Å². The van der Waals surface area contributed by atoms with E-state index in [0.717, 1.165) is 0 Å². The van der Waals surface area contributed by atoms with Crippen molar-refractivity contribution < 1.29 is 0 Å². The smallest absolute Gasteiger partial charge is 0.0641 e. The molecule has 0 atom stereocenters. The molecule has 354 valence electrons. The topological polar surface area (TPSA) is 18.7 Å². The first kappa shape index (κ1) is 40.1. The van der Waals surface area contributed by atoms with Gasteiger partial charge in [0.05, 0.1) is 55.2 Å². The van der Waals surface area contributed by atoms with Crippen LogP contribution in [0.1, 0.15) is 49.9 Å². The van der Waals surface area contributed by atoms with Crippen molar-refractivity contribution in [2.24, 2.45) is 0 Å². The summed E-state index contributed by atoms with van der Waals surface area (Å²) in [4.78, 5) is 0. The Kier molecular flexibility index (Phi) is 6.91. The van der Waals surface area contributed by atoms with Crippen molar-refractivity contribution in [1.82, 2.24) is 17.9 Å². The Morgan fingerprint density at radius 2 is 0.632 bits per heavy atom. The SMILES string of the molecule is CC1(C)c2ccccc2-c2ccc(-n3c4ccccc4c4ccc5c(c6cccc7c8cc9c(cc8n5c76)c5cccc6c7c8c(ccc7n9c56)c5ccccc5n8-c5ccc6c(c5)C(C)(C)c5ccccc5-6)c43)cc21. The summed E-state index contributed by atoms with van der Waals surface area (Å²) in [6.45, 7) is 9.54. The van der Waals surface area contributed by atoms with Crippen LogP contribution in [0.2, 0.25) is 0 Å². The summed E-state index contributed by atoms with van der Waals surface area (Å²) in [6, 6.07) is 78.9. The lowest BCUT2D eigenvalue weighted by molar-refractivity contribution is 0.660. The van der Waals surface area contributed by atoms with Gasteiger partial charge >= 0.3 is 0 Å². The van der Waals surface area contributed by atoms with Gasteiger partial charge in [-0.25, -0.2) is 0 Å². The minimum absolute atomic E-state index is 0.108. The first-order valence-electron chi connectivity index (χ1n) is 26.9. The molecular weight excluding hydrogens is 921 g/mol. The lowest BCUT2D eigenvalue weighted by atomic mass is 9.82. The van der Waals surface area contributed by atoms with Crippen molar-refractivity contribution in [3.63, 3.8) is 0 Å². The average molecular weight is 967 g/mol. The molecule has 0 N–H and O–H groups in total. The Morgan fingerprint density at radius 1 is 0.250 bits per heavy atom. The maximum absolute atomic E-state index is 2.59. The van der Waals surface area contributed by atoms with Gasteiger partial charge < -0.3 is 17.9 Å². The van der Waals surface area contributed by atoms with E-state index in [-0.39, 0.29) is 10.8 Å². The number of nitrogens with zero attached hydrogens (tertiary/aromatic N) is 4. The summed E-state index contributed by atoms with van der Waals surface area (Å²) in [7, 11) is 0. The predicted octanol–water partition coefficient (Wildman–Crippen LogP) is 18.8. The number of para-hydroxylation sites is 4. The van der Waals surface area contributed by atoms with Crippen LogP contribution in [0.3, 0.4) is 0 Å². The maximum Gasteiger partial charge on any atom is 0.0641 e. The molecule has 2 aliphatic carbocycles. The van der Waals surface area contributed by atoms with Crippen LogP contribution in [0, 0.1) is 0 Å². The highest BCUT2D eigenvalue weighted by molar-refractivity contribution is 6.35. The molecular formula is C72H46N4. The van der Waals surface area contributed by atoms with Gasteiger partial charge in [0.15, 0.2) is 0 Å². The summed E-state index contributed by atoms with van der Waals surface area (Å²) in [5.74, 6) is 0. The number of fused-ring (bicyclic) bond motifs is 26. The normalized spacial score (nSPS) is 14.8. The zero-order chi connectivity index (χ0) is 49.8. The van der Waals surface area contributed by atoms with Gasteiger partial charge in [-0.15, -0.1) is 0 Å². The summed E-state index contributed by atoms with van der Waals surface area (Å²) in [5, 5.41) is 15.4. The highest BCUT2D eigenvalue weighted by atomic mass is 15.0. The second-order valence-electron chi connectivity index (χ2n) is 23.2. The second-order valence-corrected chi connectivity index (χ2v) is 23.2. The summed E-state index contributed by atoms with van der Waals surface area (Å²) in [5.41, 5.74) is 25.7. The standard InChI is InChI=1S/C72H46N4/c1-71(2)55-23-9-5-15-41(55)43-29-27-39(35-57(43)71)73-59-25-11-7-17-45(59)49-31-33-61-65(69(49)73)51-21-13-19-47-53-38-64-54(37-63(53)75(61)67(47)51)48-20-14-22-52-66-62(76(64)68(48)52)34-32-50-46-18-8-12-26-60(46)74(70(50)66)40-28-30-44-42-16-6-10-24-56(42)72(3,4)58(44)36-40/h5-38H,1-4H3. The minimum Gasteiger partial charge on any atom is -0.309 e. The number of benzene rings is 11. The third-order valence-electron chi connectivity index (χ3n) is 19.0. The third-order valence-corrected chi connectivity index (χ3v) is 19.0. The van der Waals surface area contributed by atoms with Gasteiger partial charge in [-0.05, 0) is 105 Å². The summed E-state index contributed by atoms with van der Waals surface area (Å²) >= 11 is 0. The van der Waals surface area contributed by atoms with Crippen molar-refractivity contribution in [1.29, 1.82) is 0 Å². The third kappa shape index (κ3) is 4.44. The number of hydrogen-bond donors (Lipinski definition) is 0. The van der Waals surface area contributed by atoms with E-state index >= 15 is 0 Å². The van der Waals surface area contributed by atoms with Gasteiger partial charge in [-0.1, -0.05) is 173 Å². The molecule has 0 aliphatic heterocycles. The lowest BCUT2D eigenvalue weighted by Crippen LogP contribution is -2.15. The fourth-order valence-electron chi connectivity index (χ4n) is 15.7. The average Bonchev–Trinajstić information content (AvgIpc) is 4.47. The van der Waals surface area contributed by atoms with E-state index in [4.69, 9.17) is 0 Å². The molecule has 0 bridgehead atoms. The molecule has 11 aromatic carbocycles. The second kappa shape index (κ2) is 13.1. The number of hydrogen-bond acceptors (Lipinski definition) is 0. The maximum atomic E-state index is 2.59. The van der Waals surface area contributed by atoms with Gasteiger partial charge in [-0.2, -0.15) is 0 Å². The zero-order valence-corrected chi connectivity index (χ0v) is 42.4. The Morgan fingerprint density at radius 3 is 1.11 bits per heavy atom. The van der Waals surface area contributed by atoms with E-state index in [1.54, 1.807) is 0 Å². The van der Waals surface area contributed by atoms with Crippen LogP contribution < -0.4 is 0 Å². The largest absolute Gasteiger partial charge is 0.309 e. The van der Waals surface area contributed by atoms with E-state index in [9.17, 15) is 0 Å². The molecule has 0 saturated heterocycles. The van der Waals surface area contributed by atoms with Crippen LogP contribution >= 0.6 is 0 Å². The van der Waals surface area contributed by atoms with Crippen molar-refractivity contribution in [2.75, 3.05) is 0 Å². The molecule has 0 fully saturated rings. The molecule has 17 aromatic rings. The van der Waals surface area contributed by atoms with E-state index in [0.29, 0.717) is 0 Å². The zero-order valence-electron chi connectivity index (χ0n) is 42.4. The Labute approximate surface area is 436 Å². The Hall–Kier alpha value is -9.38. The molecule has 0 amide bonds. The van der Waals surface area contributed by atoms with Gasteiger partial charge in [-0.3, -0.25) is 0 Å². The van der Waals surface area contributed by atoms with Crippen LogP contribution in [0.5, 0.6) is 0 Å². The first-order valence-corrected chi connectivity index (χ1v) is 26.9. The van der Waals surface area contributed by atoms with Crippen LogP contribution in [0.25, 0.3) is 153 Å². The minimum atomic E-state index is -0.108. The van der Waals surface area contributed by atoms with E-state index in [1.165, 1.54) is 176 Å². The van der Waals surface area contributed by atoms with E-state index < -0.39 is 0 Å². The Bertz CT molecular complexity index is 5180. The van der Waals surface area contributed by atoms with Gasteiger partial charge in [0.1, 0.15) is 0 Å². The lowest BCUT2D eigenvalue weighted by Gasteiger charge is -2.22. The van der Waals surface area contributed by atoms with Crippen LogP contribution in [0.15, 0.2) is 206 Å². The number of aromatic nitrogens is 4. The molecule has 6 aromatic heterocycles. The molecule has 0 unspecified atom stereocenters. The Balaban J connectivity index is 0.879. The highest BCUT2D eigenvalue weighted by Crippen LogP contribution is 2.53. The van der Waals surface area contributed by atoms with E-state index in [1.807, 2.05) is 0 Å². The fourth-order valence-corrected chi connectivity index (χ4v) is 15.7. The highest BCUT2D eigenvalue weighted by Gasteiger charge is 2.37. The molecule has 4 heteroatoms. The van der Waals surface area contributed by atoms with Crippen LogP contribution in [-0.4, -0.2) is 17.9 Å². The summed E-state index contributed by atoms with van der Waals surface area (Å²) in [6.07, 6.45) is 0. The molecule has 0 saturated carbocycles. The first-order chi connectivity index (χ1) is 37.3. The molecule has 6 heterocycles. The molecule has 4 nitrogen and oxygen atoms in total. The molecule has 2 aliphatic rings. The fraction of sp³-hybridized carbons (Fsp3) is 0.0833. The van der Waals surface area contributed by atoms with Crippen molar-refractivity contribution >= 4 is 120 Å². The van der Waals surface area contributed by atoms with Gasteiger partial charge in [0.25, 0.3) is 0 Å². The quantitative estimate of drug-likeness (QED) is 0.164. The molecule has 0 radical (unpaired) electrons. The molecule has 76 heavy (non-hydrogen) atoms. The monoisotopic (exact) mass is 966 g/mol. The summed E-state index contributed by atoms with van der Waals surface area (Å²) < 4.78 is 10.3.